The van der Waals surface area contributed by atoms with Gasteiger partial charge in [0.25, 0.3) is 0 Å². The molecular weight excluding hydrogens is 288 g/mol. The van der Waals surface area contributed by atoms with Crippen molar-refractivity contribution in [3.63, 3.8) is 0 Å². The summed E-state index contributed by atoms with van der Waals surface area (Å²) in [6.45, 7) is 11.6. The Morgan fingerprint density at radius 1 is 0.714 bits per heavy atom. The molecule has 5 nitrogen and oxygen atoms in total. The van der Waals surface area contributed by atoms with E-state index < -0.39 is 8.07 Å². The minimum Gasteiger partial charge on any atom is -0.377 e. The molecule has 1 unspecified atom stereocenters. The van der Waals surface area contributed by atoms with Crippen molar-refractivity contribution in [2.24, 2.45) is 0 Å². The third-order valence-corrected chi connectivity index (χ3v) is 3.43. The van der Waals surface area contributed by atoms with Crippen LogP contribution in [0.3, 0.4) is 0 Å². The van der Waals surface area contributed by atoms with Crippen LogP contribution in [-0.4, -0.2) is 73.6 Å². The number of rotatable bonds is 0. The van der Waals surface area contributed by atoms with Crippen molar-refractivity contribution in [2.75, 3.05) is 59.5 Å². The van der Waals surface area contributed by atoms with Gasteiger partial charge in [-0.2, -0.15) is 0 Å². The van der Waals surface area contributed by atoms with Gasteiger partial charge in [-0.25, -0.2) is 0 Å². The summed E-state index contributed by atoms with van der Waals surface area (Å²) in [6.07, 6.45) is -0.193. The maximum absolute atomic E-state index is 5.73. The van der Waals surface area contributed by atoms with E-state index in [9.17, 15) is 0 Å². The monoisotopic (exact) mass is 316 g/mol. The topological polar surface area (TPSA) is 46.2 Å². The molecule has 0 saturated carbocycles. The van der Waals surface area contributed by atoms with E-state index in [0.29, 0.717) is 59.5 Å². The number of ether oxygens (including phenoxy) is 5. The Balaban J connectivity index is 2.41. The molecule has 0 amide bonds. The summed E-state index contributed by atoms with van der Waals surface area (Å²) in [5.41, 5.74) is 3.33. The minimum atomic E-state index is -1.40. The molecule has 0 radical (unpaired) electrons. The van der Waals surface area contributed by atoms with Gasteiger partial charge < -0.3 is 23.7 Å². The number of hydrogen-bond donors (Lipinski definition) is 0. The fourth-order valence-electron chi connectivity index (χ4n) is 1.53. The lowest BCUT2D eigenvalue weighted by Crippen LogP contribution is -2.24. The van der Waals surface area contributed by atoms with Crippen LogP contribution in [0.25, 0.3) is 0 Å². The lowest BCUT2D eigenvalue weighted by Gasteiger charge is -2.14. The lowest BCUT2D eigenvalue weighted by molar-refractivity contribution is -0.0231. The Morgan fingerprint density at radius 3 is 1.71 bits per heavy atom. The molecule has 1 fully saturated rings. The molecule has 0 aromatic rings. The molecule has 0 aliphatic carbocycles. The predicted molar refractivity (Wildman–Crippen MR) is 84.1 cm³/mol. The van der Waals surface area contributed by atoms with E-state index in [2.05, 4.69) is 31.1 Å². The summed E-state index contributed by atoms with van der Waals surface area (Å²) in [7, 11) is -1.40. The zero-order valence-corrected chi connectivity index (χ0v) is 14.5. The summed E-state index contributed by atoms with van der Waals surface area (Å²) in [6, 6.07) is 0. The molecule has 6 heteroatoms. The normalized spacial score (nSPS) is 24.2. The van der Waals surface area contributed by atoms with Crippen molar-refractivity contribution in [1.82, 2.24) is 0 Å². The second-order valence-electron chi connectivity index (χ2n) is 5.79. The van der Waals surface area contributed by atoms with Crippen LogP contribution in [0.1, 0.15) is 0 Å². The van der Waals surface area contributed by atoms with Gasteiger partial charge >= 0.3 is 0 Å². The summed E-state index contributed by atoms with van der Waals surface area (Å²) >= 11 is 0. The van der Waals surface area contributed by atoms with Crippen molar-refractivity contribution in [1.29, 1.82) is 0 Å². The molecule has 1 rings (SSSR count). The van der Waals surface area contributed by atoms with Crippen LogP contribution in [-0.2, 0) is 23.7 Å². The van der Waals surface area contributed by atoms with Crippen LogP contribution >= 0.6 is 0 Å². The van der Waals surface area contributed by atoms with Crippen molar-refractivity contribution < 1.29 is 23.7 Å². The first-order chi connectivity index (χ1) is 10.1. The summed E-state index contributed by atoms with van der Waals surface area (Å²) in [5, 5.41) is 0. The molecule has 21 heavy (non-hydrogen) atoms. The maximum atomic E-state index is 5.73. The van der Waals surface area contributed by atoms with Crippen molar-refractivity contribution >= 4 is 8.07 Å². The van der Waals surface area contributed by atoms with Gasteiger partial charge in [0, 0.05) is 0 Å². The Kier molecular flexibility index (Phi) is 9.92. The highest BCUT2D eigenvalue weighted by atomic mass is 28.3. The van der Waals surface area contributed by atoms with E-state index in [1.54, 1.807) is 0 Å². The van der Waals surface area contributed by atoms with Gasteiger partial charge in [-0.3, -0.25) is 0 Å². The van der Waals surface area contributed by atoms with Crippen LogP contribution in [0.4, 0.5) is 0 Å². The molecule has 1 aliphatic rings. The van der Waals surface area contributed by atoms with Crippen LogP contribution < -0.4 is 0 Å². The highest BCUT2D eigenvalue weighted by Gasteiger charge is 2.11. The van der Waals surface area contributed by atoms with Gasteiger partial charge in [0.2, 0.25) is 0 Å². The minimum absolute atomic E-state index is 0.193. The average molecular weight is 316 g/mol. The molecule has 1 atom stereocenters. The molecule has 122 valence electrons. The Labute approximate surface area is 129 Å². The second-order valence-corrected chi connectivity index (χ2v) is 10.5. The third kappa shape index (κ3) is 11.9. The maximum Gasteiger partial charge on any atom is 0.140 e. The van der Waals surface area contributed by atoms with E-state index in [0.717, 1.165) is 0 Å². The van der Waals surface area contributed by atoms with Crippen LogP contribution in [0.2, 0.25) is 19.6 Å². The van der Waals surface area contributed by atoms with Gasteiger partial charge in [0.15, 0.2) is 0 Å². The average Bonchev–Trinajstić information content (AvgIpc) is 2.43. The van der Waals surface area contributed by atoms with Crippen LogP contribution in [0.5, 0.6) is 0 Å². The van der Waals surface area contributed by atoms with Crippen molar-refractivity contribution in [3.8, 4) is 11.5 Å². The molecule has 0 spiro atoms. The Hall–Kier alpha value is -0.423. The quantitative estimate of drug-likeness (QED) is 0.498. The second kappa shape index (κ2) is 11.2. The van der Waals surface area contributed by atoms with Crippen molar-refractivity contribution in [3.05, 3.63) is 0 Å². The first-order valence-electron chi connectivity index (χ1n) is 7.53. The van der Waals surface area contributed by atoms with E-state index in [-0.39, 0.29) is 6.10 Å². The molecular formula is C15H28O5Si. The van der Waals surface area contributed by atoms with Gasteiger partial charge in [-0.15, -0.1) is 5.54 Å². The Bertz CT molecular complexity index is 302. The summed E-state index contributed by atoms with van der Waals surface area (Å²) in [5.74, 6) is 3.20. The molecule has 1 heterocycles. The molecule has 0 N–H and O–H groups in total. The molecule has 0 aromatic carbocycles. The van der Waals surface area contributed by atoms with Gasteiger partial charge in [-0.1, -0.05) is 25.6 Å². The molecule has 1 saturated heterocycles. The highest BCUT2D eigenvalue weighted by molar-refractivity contribution is 6.83. The van der Waals surface area contributed by atoms with E-state index in [1.165, 1.54) is 0 Å². The first-order valence-corrected chi connectivity index (χ1v) is 11.0. The highest BCUT2D eigenvalue weighted by Crippen LogP contribution is 1.99. The molecule has 0 aromatic heterocycles. The predicted octanol–water partition coefficient (Wildman–Crippen LogP) is 1.33. The molecule has 0 bridgehead atoms. The summed E-state index contributed by atoms with van der Waals surface area (Å²) in [4.78, 5) is 0. The fourth-order valence-corrected chi connectivity index (χ4v) is 2.12. The number of hydrogen-bond acceptors (Lipinski definition) is 5. The largest absolute Gasteiger partial charge is 0.377 e. The smallest absolute Gasteiger partial charge is 0.140 e. The lowest BCUT2D eigenvalue weighted by atomic mass is 10.4. The van der Waals surface area contributed by atoms with E-state index in [1.807, 2.05) is 0 Å². The Morgan fingerprint density at radius 2 is 1.19 bits per heavy atom. The van der Waals surface area contributed by atoms with Crippen molar-refractivity contribution in [2.45, 2.75) is 25.7 Å². The summed E-state index contributed by atoms with van der Waals surface area (Å²) < 4.78 is 27.5. The third-order valence-electron chi connectivity index (χ3n) is 2.54. The zero-order valence-electron chi connectivity index (χ0n) is 13.5. The first kappa shape index (κ1) is 18.6. The molecule has 1 aliphatic heterocycles. The van der Waals surface area contributed by atoms with Crippen LogP contribution in [0, 0.1) is 11.5 Å². The van der Waals surface area contributed by atoms with Gasteiger partial charge in [0.05, 0.1) is 59.5 Å². The van der Waals surface area contributed by atoms with E-state index in [4.69, 9.17) is 23.7 Å². The van der Waals surface area contributed by atoms with E-state index >= 15 is 0 Å². The van der Waals surface area contributed by atoms with Gasteiger partial charge in [0.1, 0.15) is 14.2 Å². The van der Waals surface area contributed by atoms with Crippen LogP contribution in [0.15, 0.2) is 0 Å². The van der Waals surface area contributed by atoms with Gasteiger partial charge in [-0.05, 0) is 0 Å². The SMILES string of the molecule is C[Si](C)(C)C#CC1COCCOCCOCCOCCO1. The zero-order chi connectivity index (χ0) is 15.4. The fraction of sp³-hybridized carbons (Fsp3) is 0.867. The standard InChI is InChI=1S/C15H28O5Si/c1-21(2,3)13-4-15-14-19-10-9-17-6-5-16-7-8-18-11-12-20-15/h15H,5-12,14H2,1-3H3.